The van der Waals surface area contributed by atoms with Crippen LogP contribution in [0.5, 0.6) is 0 Å². The molecule has 2 amide bonds. The second-order valence-electron chi connectivity index (χ2n) is 4.99. The molecule has 0 aromatic carbocycles. The predicted octanol–water partition coefficient (Wildman–Crippen LogP) is 1.44. The number of carbonyl (C=O) groups excluding carboxylic acids is 1. The molecule has 0 aliphatic carbocycles. The molecule has 1 N–H and O–H groups in total. The van der Waals surface area contributed by atoms with E-state index in [1.54, 1.807) is 35.5 Å². The third-order valence-electron chi connectivity index (χ3n) is 3.65. The quantitative estimate of drug-likeness (QED) is 0.824. The van der Waals surface area contributed by atoms with Crippen molar-refractivity contribution in [2.45, 2.75) is 19.9 Å². The number of hydrogen-bond acceptors (Lipinski definition) is 3. The molecule has 0 radical (unpaired) electrons. The first-order valence-electron chi connectivity index (χ1n) is 6.12. The van der Waals surface area contributed by atoms with Crippen LogP contribution in [0.4, 0.5) is 4.79 Å². The van der Waals surface area contributed by atoms with E-state index in [0.29, 0.717) is 13.1 Å². The minimum absolute atomic E-state index is 0.00499. The van der Waals surface area contributed by atoms with E-state index < -0.39 is 5.97 Å². The monoisotopic (exact) mass is 274 g/mol. The summed E-state index contributed by atoms with van der Waals surface area (Å²) in [5.41, 5.74) is 0. The SMILES string of the molecule is CSCC(C)N(C)C(=O)N1CC(C(C)C(=O)O)C1. The topological polar surface area (TPSA) is 60.9 Å². The standard InChI is InChI=1S/C12H22N2O3S/c1-8(7-18-4)13(3)12(17)14-5-10(6-14)9(2)11(15)16/h8-10H,5-7H2,1-4H3,(H,15,16). The summed E-state index contributed by atoms with van der Waals surface area (Å²) in [4.78, 5) is 26.4. The Morgan fingerprint density at radius 1 is 1.44 bits per heavy atom. The van der Waals surface area contributed by atoms with Gasteiger partial charge in [-0.2, -0.15) is 11.8 Å². The van der Waals surface area contributed by atoms with E-state index >= 15 is 0 Å². The van der Waals surface area contributed by atoms with Gasteiger partial charge in [0.05, 0.1) is 5.92 Å². The molecule has 5 nitrogen and oxygen atoms in total. The fourth-order valence-corrected chi connectivity index (χ4v) is 2.66. The Bertz CT molecular complexity index is 318. The fourth-order valence-electron chi connectivity index (χ4n) is 1.95. The number of likely N-dealkylation sites (tertiary alicyclic amines) is 1. The Labute approximate surface area is 113 Å². The van der Waals surface area contributed by atoms with Gasteiger partial charge in [0.25, 0.3) is 0 Å². The number of carboxylic acids is 1. The summed E-state index contributed by atoms with van der Waals surface area (Å²) < 4.78 is 0. The highest BCUT2D eigenvalue weighted by atomic mass is 32.2. The molecule has 1 rings (SSSR count). The molecule has 104 valence electrons. The van der Waals surface area contributed by atoms with Crippen LogP contribution in [0.3, 0.4) is 0 Å². The van der Waals surface area contributed by atoms with Gasteiger partial charge in [-0.3, -0.25) is 4.79 Å². The molecule has 0 aromatic heterocycles. The molecule has 1 aliphatic rings. The number of hydrogen-bond donors (Lipinski definition) is 1. The maximum absolute atomic E-state index is 12.1. The van der Waals surface area contributed by atoms with Gasteiger partial charge in [-0.05, 0) is 13.2 Å². The summed E-state index contributed by atoms with van der Waals surface area (Å²) in [5, 5.41) is 8.89. The fraction of sp³-hybridized carbons (Fsp3) is 0.833. The van der Waals surface area contributed by atoms with Crippen molar-refractivity contribution in [1.29, 1.82) is 0 Å². The highest BCUT2D eigenvalue weighted by Gasteiger charge is 2.38. The summed E-state index contributed by atoms with van der Waals surface area (Å²) in [6, 6.07) is 0.203. The summed E-state index contributed by atoms with van der Waals surface area (Å²) in [7, 11) is 1.80. The van der Waals surface area contributed by atoms with Crippen molar-refractivity contribution in [2.24, 2.45) is 11.8 Å². The van der Waals surface area contributed by atoms with E-state index in [1.807, 2.05) is 13.2 Å². The Hall–Kier alpha value is -0.910. The van der Waals surface area contributed by atoms with E-state index in [2.05, 4.69) is 0 Å². The van der Waals surface area contributed by atoms with Crippen LogP contribution < -0.4 is 0 Å². The first-order valence-corrected chi connectivity index (χ1v) is 7.51. The maximum atomic E-state index is 12.1. The highest BCUT2D eigenvalue weighted by Crippen LogP contribution is 2.25. The molecule has 0 bridgehead atoms. The van der Waals surface area contributed by atoms with Crippen molar-refractivity contribution in [3.8, 4) is 0 Å². The van der Waals surface area contributed by atoms with Crippen molar-refractivity contribution in [3.05, 3.63) is 0 Å². The number of nitrogens with zero attached hydrogens (tertiary/aromatic N) is 2. The zero-order valence-corrected chi connectivity index (χ0v) is 12.2. The molecule has 0 aromatic rings. The molecule has 0 spiro atoms. The lowest BCUT2D eigenvalue weighted by Gasteiger charge is -2.43. The average molecular weight is 274 g/mol. The molecule has 18 heavy (non-hydrogen) atoms. The van der Waals surface area contributed by atoms with Crippen LogP contribution >= 0.6 is 11.8 Å². The summed E-state index contributed by atoms with van der Waals surface area (Å²) in [6.45, 7) is 4.84. The van der Waals surface area contributed by atoms with Gasteiger partial charge >= 0.3 is 12.0 Å². The number of rotatable bonds is 5. The van der Waals surface area contributed by atoms with Crippen molar-refractivity contribution in [1.82, 2.24) is 9.80 Å². The molecule has 2 atom stereocenters. The van der Waals surface area contributed by atoms with Crippen LogP contribution in [-0.2, 0) is 4.79 Å². The van der Waals surface area contributed by atoms with Gasteiger partial charge in [-0.15, -0.1) is 0 Å². The summed E-state index contributed by atoms with van der Waals surface area (Å²) in [6.07, 6.45) is 2.02. The normalized spacial score (nSPS) is 19.0. The molecule has 1 heterocycles. The van der Waals surface area contributed by atoms with Gasteiger partial charge in [0, 0.05) is 37.8 Å². The lowest BCUT2D eigenvalue weighted by molar-refractivity contribution is -0.144. The Morgan fingerprint density at radius 3 is 2.44 bits per heavy atom. The second-order valence-corrected chi connectivity index (χ2v) is 5.90. The minimum atomic E-state index is -0.781. The van der Waals surface area contributed by atoms with Gasteiger partial charge in [-0.1, -0.05) is 6.92 Å². The van der Waals surface area contributed by atoms with Gasteiger partial charge in [0.15, 0.2) is 0 Å². The smallest absolute Gasteiger partial charge is 0.320 e. The zero-order chi connectivity index (χ0) is 13.9. The first-order chi connectivity index (χ1) is 8.38. The Balaban J connectivity index is 2.41. The van der Waals surface area contributed by atoms with Gasteiger partial charge < -0.3 is 14.9 Å². The zero-order valence-electron chi connectivity index (χ0n) is 11.4. The maximum Gasteiger partial charge on any atom is 0.320 e. The van der Waals surface area contributed by atoms with E-state index in [1.165, 1.54) is 0 Å². The number of amides is 2. The van der Waals surface area contributed by atoms with Crippen LogP contribution in [0.25, 0.3) is 0 Å². The van der Waals surface area contributed by atoms with Crippen LogP contribution in [0.1, 0.15) is 13.8 Å². The van der Waals surface area contributed by atoms with Gasteiger partial charge in [0.2, 0.25) is 0 Å². The molecule has 1 aliphatic heterocycles. The van der Waals surface area contributed by atoms with E-state index in [4.69, 9.17) is 5.11 Å². The molecule has 1 fully saturated rings. The lowest BCUT2D eigenvalue weighted by Crippen LogP contribution is -2.58. The van der Waals surface area contributed by atoms with E-state index in [9.17, 15) is 9.59 Å². The number of urea groups is 1. The number of thioether (sulfide) groups is 1. The Kier molecular flexibility index (Phi) is 5.31. The van der Waals surface area contributed by atoms with Gasteiger partial charge in [0.1, 0.15) is 0 Å². The Morgan fingerprint density at radius 2 is 2.00 bits per heavy atom. The van der Waals surface area contributed by atoms with Crippen LogP contribution in [-0.4, -0.2) is 65.1 Å². The second kappa shape index (κ2) is 6.31. The van der Waals surface area contributed by atoms with Crippen LogP contribution in [0.15, 0.2) is 0 Å². The van der Waals surface area contributed by atoms with Crippen molar-refractivity contribution < 1.29 is 14.7 Å². The highest BCUT2D eigenvalue weighted by molar-refractivity contribution is 7.98. The van der Waals surface area contributed by atoms with Crippen molar-refractivity contribution in [3.63, 3.8) is 0 Å². The molecule has 2 unspecified atom stereocenters. The first kappa shape index (κ1) is 15.1. The lowest BCUT2D eigenvalue weighted by atomic mass is 9.87. The third-order valence-corrected chi connectivity index (χ3v) is 4.46. The molecule has 1 saturated heterocycles. The third kappa shape index (κ3) is 3.31. The summed E-state index contributed by atoms with van der Waals surface area (Å²) in [5.74, 6) is -0.153. The largest absolute Gasteiger partial charge is 0.481 e. The minimum Gasteiger partial charge on any atom is -0.481 e. The number of aliphatic carboxylic acids is 1. The number of carbonyl (C=O) groups is 2. The molecular formula is C12H22N2O3S. The molecular weight excluding hydrogens is 252 g/mol. The van der Waals surface area contributed by atoms with Crippen LogP contribution in [0.2, 0.25) is 0 Å². The number of carboxylic acid groups (broad SMARTS) is 1. The van der Waals surface area contributed by atoms with Crippen LogP contribution in [0, 0.1) is 11.8 Å². The molecule has 6 heteroatoms. The molecule has 0 saturated carbocycles. The van der Waals surface area contributed by atoms with Gasteiger partial charge in [-0.25, -0.2) is 4.79 Å². The van der Waals surface area contributed by atoms with E-state index in [0.717, 1.165) is 5.75 Å². The van der Waals surface area contributed by atoms with Crippen molar-refractivity contribution >= 4 is 23.8 Å². The summed E-state index contributed by atoms with van der Waals surface area (Å²) >= 11 is 1.71. The average Bonchev–Trinajstić information content (AvgIpc) is 2.25. The van der Waals surface area contributed by atoms with E-state index in [-0.39, 0.29) is 23.9 Å². The van der Waals surface area contributed by atoms with Crippen molar-refractivity contribution in [2.75, 3.05) is 32.1 Å². The predicted molar refractivity (Wildman–Crippen MR) is 72.9 cm³/mol.